The standard InChI is InChI=1S/C8H14O4S/c1-2-12-7(10)3-6-8(11)5(9)4-13-6/h5-6,8-9,11H,2-4H2,1H3/t5-,6+,8-/m0/s1. The van der Waals surface area contributed by atoms with Crippen molar-refractivity contribution in [3.05, 3.63) is 0 Å². The monoisotopic (exact) mass is 206 g/mol. The molecule has 1 rings (SSSR count). The topological polar surface area (TPSA) is 66.8 Å². The maximum atomic E-state index is 11.0. The largest absolute Gasteiger partial charge is 0.466 e. The molecule has 0 bridgehead atoms. The molecule has 4 nitrogen and oxygen atoms in total. The molecule has 5 heteroatoms. The van der Waals surface area contributed by atoms with Crippen LogP contribution in [0.5, 0.6) is 0 Å². The van der Waals surface area contributed by atoms with Crippen molar-refractivity contribution in [3.8, 4) is 0 Å². The summed E-state index contributed by atoms with van der Waals surface area (Å²) in [5.74, 6) is 0.179. The van der Waals surface area contributed by atoms with Gasteiger partial charge in [0, 0.05) is 11.0 Å². The van der Waals surface area contributed by atoms with Gasteiger partial charge in [-0.3, -0.25) is 4.79 Å². The Hall–Kier alpha value is -0.260. The van der Waals surface area contributed by atoms with Gasteiger partial charge in [0.2, 0.25) is 0 Å². The smallest absolute Gasteiger partial charge is 0.306 e. The van der Waals surface area contributed by atoms with Gasteiger partial charge in [0.25, 0.3) is 0 Å². The average Bonchev–Trinajstić information content (AvgIpc) is 2.37. The van der Waals surface area contributed by atoms with Crippen molar-refractivity contribution in [2.75, 3.05) is 12.4 Å². The summed E-state index contributed by atoms with van der Waals surface area (Å²) < 4.78 is 4.74. The maximum Gasteiger partial charge on any atom is 0.306 e. The third-order valence-electron chi connectivity index (χ3n) is 1.93. The Labute approximate surface area is 81.3 Å². The first-order valence-electron chi connectivity index (χ1n) is 4.28. The molecule has 1 heterocycles. The highest BCUT2D eigenvalue weighted by Gasteiger charge is 2.35. The van der Waals surface area contributed by atoms with Gasteiger partial charge in [-0.25, -0.2) is 0 Å². The molecule has 0 aliphatic carbocycles. The van der Waals surface area contributed by atoms with Crippen LogP contribution in [0, 0.1) is 0 Å². The quantitative estimate of drug-likeness (QED) is 0.625. The number of aliphatic hydroxyl groups is 2. The molecule has 1 fully saturated rings. The van der Waals surface area contributed by atoms with Gasteiger partial charge in [0.1, 0.15) is 0 Å². The Kier molecular flexibility index (Phi) is 4.02. The molecule has 0 aromatic carbocycles. The van der Waals surface area contributed by atoms with Crippen LogP contribution in [0.4, 0.5) is 0 Å². The van der Waals surface area contributed by atoms with E-state index in [1.165, 1.54) is 11.8 Å². The zero-order valence-corrected chi connectivity index (χ0v) is 8.29. The van der Waals surface area contributed by atoms with Crippen LogP contribution in [0.15, 0.2) is 0 Å². The van der Waals surface area contributed by atoms with Gasteiger partial charge < -0.3 is 14.9 Å². The van der Waals surface area contributed by atoms with Gasteiger partial charge in [-0.15, -0.1) is 0 Å². The first-order chi connectivity index (χ1) is 6.15. The van der Waals surface area contributed by atoms with Gasteiger partial charge in [-0.1, -0.05) is 0 Å². The number of carbonyl (C=O) groups is 1. The highest BCUT2D eigenvalue weighted by atomic mass is 32.2. The average molecular weight is 206 g/mol. The molecule has 76 valence electrons. The lowest BCUT2D eigenvalue weighted by atomic mass is 10.1. The number of carbonyl (C=O) groups excluding carboxylic acids is 1. The van der Waals surface area contributed by atoms with Gasteiger partial charge >= 0.3 is 5.97 Å². The molecule has 13 heavy (non-hydrogen) atoms. The number of aliphatic hydroxyl groups excluding tert-OH is 2. The van der Waals surface area contributed by atoms with E-state index < -0.39 is 12.2 Å². The predicted octanol–water partition coefficient (Wildman–Crippen LogP) is -0.223. The summed E-state index contributed by atoms with van der Waals surface area (Å²) in [6.45, 7) is 2.10. The van der Waals surface area contributed by atoms with Crippen LogP contribution in [0.3, 0.4) is 0 Å². The highest BCUT2D eigenvalue weighted by Crippen LogP contribution is 2.29. The molecule has 0 saturated carbocycles. The molecule has 3 atom stereocenters. The van der Waals surface area contributed by atoms with Crippen LogP contribution in [0.2, 0.25) is 0 Å². The molecule has 0 spiro atoms. The van der Waals surface area contributed by atoms with Gasteiger partial charge in [0.15, 0.2) is 0 Å². The van der Waals surface area contributed by atoms with Gasteiger partial charge in [-0.05, 0) is 6.92 Å². The Morgan fingerprint density at radius 2 is 2.31 bits per heavy atom. The molecular weight excluding hydrogens is 192 g/mol. The second kappa shape index (κ2) is 4.83. The summed E-state index contributed by atoms with van der Waals surface area (Å²) in [5.41, 5.74) is 0. The summed E-state index contributed by atoms with van der Waals surface area (Å²) in [7, 11) is 0. The normalized spacial score (nSPS) is 33.3. The molecule has 1 saturated heterocycles. The van der Waals surface area contributed by atoms with Crippen LogP contribution in [-0.2, 0) is 9.53 Å². The Balaban J connectivity index is 2.33. The fourth-order valence-electron chi connectivity index (χ4n) is 1.23. The predicted molar refractivity (Wildman–Crippen MR) is 49.5 cm³/mol. The number of hydrogen-bond donors (Lipinski definition) is 2. The minimum Gasteiger partial charge on any atom is -0.466 e. The van der Waals surface area contributed by atoms with Crippen molar-refractivity contribution in [1.29, 1.82) is 0 Å². The molecular formula is C8H14O4S. The summed E-state index contributed by atoms with van der Waals surface area (Å²) in [6, 6.07) is 0. The van der Waals surface area contributed by atoms with E-state index in [4.69, 9.17) is 4.74 Å². The second-order valence-electron chi connectivity index (χ2n) is 2.94. The minimum atomic E-state index is -0.797. The Morgan fingerprint density at radius 1 is 1.62 bits per heavy atom. The molecule has 0 aromatic heterocycles. The molecule has 2 N–H and O–H groups in total. The van der Waals surface area contributed by atoms with Crippen molar-refractivity contribution < 1.29 is 19.7 Å². The molecule has 0 amide bonds. The van der Waals surface area contributed by atoms with Crippen LogP contribution < -0.4 is 0 Å². The van der Waals surface area contributed by atoms with Crippen molar-refractivity contribution in [3.63, 3.8) is 0 Å². The van der Waals surface area contributed by atoms with Crippen LogP contribution in [0.1, 0.15) is 13.3 Å². The zero-order valence-electron chi connectivity index (χ0n) is 7.47. The van der Waals surface area contributed by atoms with Crippen molar-refractivity contribution in [2.24, 2.45) is 0 Å². The number of hydrogen-bond acceptors (Lipinski definition) is 5. The van der Waals surface area contributed by atoms with Crippen molar-refractivity contribution in [1.82, 2.24) is 0 Å². The lowest BCUT2D eigenvalue weighted by Crippen LogP contribution is -2.30. The molecule has 0 radical (unpaired) electrons. The summed E-state index contributed by atoms with van der Waals surface area (Å²) in [5, 5.41) is 18.4. The van der Waals surface area contributed by atoms with Crippen LogP contribution in [-0.4, -0.2) is 46.0 Å². The number of rotatable bonds is 3. The zero-order chi connectivity index (χ0) is 9.84. The SMILES string of the molecule is CCOC(=O)C[C@H]1SC[C@H](O)[C@@H]1O. The van der Waals surface area contributed by atoms with Crippen molar-refractivity contribution >= 4 is 17.7 Å². The first kappa shape index (κ1) is 10.8. The molecule has 0 aromatic rings. The number of esters is 1. The third kappa shape index (κ3) is 2.86. The first-order valence-corrected chi connectivity index (χ1v) is 5.33. The van der Waals surface area contributed by atoms with Gasteiger partial charge in [-0.2, -0.15) is 11.8 Å². The summed E-state index contributed by atoms with van der Waals surface area (Å²) >= 11 is 1.41. The molecule has 1 aliphatic heterocycles. The lowest BCUT2D eigenvalue weighted by Gasteiger charge is -2.13. The summed E-state index contributed by atoms with van der Waals surface area (Å²) in [6.07, 6.45) is -1.32. The summed E-state index contributed by atoms with van der Waals surface area (Å²) in [4.78, 5) is 11.0. The van der Waals surface area contributed by atoms with Crippen LogP contribution >= 0.6 is 11.8 Å². The lowest BCUT2D eigenvalue weighted by molar-refractivity contribution is -0.143. The van der Waals surface area contributed by atoms with Crippen molar-refractivity contribution in [2.45, 2.75) is 30.8 Å². The Bertz CT molecular complexity index is 185. The van der Waals surface area contributed by atoms with E-state index in [0.717, 1.165) is 0 Å². The van der Waals surface area contributed by atoms with Crippen LogP contribution in [0.25, 0.3) is 0 Å². The van der Waals surface area contributed by atoms with E-state index in [0.29, 0.717) is 12.4 Å². The third-order valence-corrected chi connectivity index (χ3v) is 3.34. The number of ether oxygens (including phenoxy) is 1. The Morgan fingerprint density at radius 3 is 2.77 bits per heavy atom. The number of thioether (sulfide) groups is 1. The second-order valence-corrected chi connectivity index (χ2v) is 4.21. The highest BCUT2D eigenvalue weighted by molar-refractivity contribution is 8.00. The van der Waals surface area contributed by atoms with E-state index in [9.17, 15) is 15.0 Å². The van der Waals surface area contributed by atoms with E-state index in [1.54, 1.807) is 6.92 Å². The van der Waals surface area contributed by atoms with E-state index in [2.05, 4.69) is 0 Å². The van der Waals surface area contributed by atoms with E-state index >= 15 is 0 Å². The van der Waals surface area contributed by atoms with E-state index in [-0.39, 0.29) is 17.6 Å². The van der Waals surface area contributed by atoms with Gasteiger partial charge in [0.05, 0.1) is 25.2 Å². The van der Waals surface area contributed by atoms with E-state index in [1.807, 2.05) is 0 Å². The molecule has 0 unspecified atom stereocenters. The fourth-order valence-corrected chi connectivity index (χ4v) is 2.51. The minimum absolute atomic E-state index is 0.177. The fraction of sp³-hybridized carbons (Fsp3) is 0.875. The molecule has 1 aliphatic rings. The maximum absolute atomic E-state index is 11.0.